The van der Waals surface area contributed by atoms with Gasteiger partial charge in [0.05, 0.1) is 36.7 Å². The van der Waals surface area contributed by atoms with Gasteiger partial charge in [-0.3, -0.25) is 23.4 Å². The van der Waals surface area contributed by atoms with Gasteiger partial charge in [-0.25, -0.2) is 4.98 Å². The molecule has 42 heavy (non-hydrogen) atoms. The number of benzene rings is 1. The number of hydrogen-bond acceptors (Lipinski definition) is 12. The molecule has 0 aliphatic rings. The standard InChI is InChI=1S/C26H36N4O10S2/c1-16-27-12-21(41-16)25(34)30-20(14-39-4)24(33)29-19(13-38-3)23(32)28-18(11-17-9-7-6-8-10-17)22(31)26(2,35)15-40-42(5,36)37/h6-10,12,18-20,35H,11,13-15H2,1-5H3,(H,28,32)(H,29,33)(H,30,34)/t18?,19-,20-,26?/m0/s1. The largest absolute Gasteiger partial charge is 0.382 e. The predicted molar refractivity (Wildman–Crippen MR) is 152 cm³/mol. The summed E-state index contributed by atoms with van der Waals surface area (Å²) in [6.07, 6.45) is 2.08. The van der Waals surface area contributed by atoms with Crippen LogP contribution in [0.3, 0.4) is 0 Å². The van der Waals surface area contributed by atoms with E-state index in [2.05, 4.69) is 25.1 Å². The minimum atomic E-state index is -3.98. The van der Waals surface area contributed by atoms with E-state index in [4.69, 9.17) is 9.47 Å². The molecule has 0 aliphatic heterocycles. The van der Waals surface area contributed by atoms with Crippen LogP contribution in [0.2, 0.25) is 0 Å². The molecule has 0 spiro atoms. The molecule has 3 amide bonds. The molecule has 0 saturated heterocycles. The second kappa shape index (κ2) is 15.8. The number of carbonyl (C=O) groups excluding carboxylic acids is 4. The molecular formula is C26H36N4O10S2. The highest BCUT2D eigenvalue weighted by Gasteiger charge is 2.39. The van der Waals surface area contributed by atoms with Crippen LogP contribution < -0.4 is 16.0 Å². The van der Waals surface area contributed by atoms with Crippen molar-refractivity contribution in [2.75, 3.05) is 40.3 Å². The lowest BCUT2D eigenvalue weighted by Crippen LogP contribution is -2.60. The predicted octanol–water partition coefficient (Wildman–Crippen LogP) is -0.649. The van der Waals surface area contributed by atoms with Crippen LogP contribution in [0.15, 0.2) is 36.5 Å². The van der Waals surface area contributed by atoms with Crippen molar-refractivity contribution >= 4 is 45.0 Å². The Morgan fingerprint density at radius 1 is 0.976 bits per heavy atom. The summed E-state index contributed by atoms with van der Waals surface area (Å²) in [4.78, 5) is 56.7. The number of hydrogen-bond donors (Lipinski definition) is 4. The maximum atomic E-state index is 13.4. The minimum Gasteiger partial charge on any atom is -0.382 e. The molecule has 0 aliphatic carbocycles. The molecule has 4 N–H and O–H groups in total. The normalized spacial score (nSPS) is 15.1. The first-order chi connectivity index (χ1) is 19.7. The maximum absolute atomic E-state index is 13.4. The van der Waals surface area contributed by atoms with Gasteiger partial charge in [-0.15, -0.1) is 11.3 Å². The number of methoxy groups -OCH3 is 2. The number of rotatable bonds is 17. The van der Waals surface area contributed by atoms with Crippen LogP contribution in [0.1, 0.15) is 27.2 Å². The van der Waals surface area contributed by atoms with Crippen LogP contribution in [0, 0.1) is 6.92 Å². The van der Waals surface area contributed by atoms with Crippen molar-refractivity contribution in [3.8, 4) is 0 Å². The van der Waals surface area contributed by atoms with Gasteiger partial charge >= 0.3 is 0 Å². The molecule has 0 radical (unpaired) electrons. The highest BCUT2D eigenvalue weighted by Crippen LogP contribution is 2.15. The Balaban J connectivity index is 2.24. The molecule has 1 heterocycles. The van der Waals surface area contributed by atoms with Crippen LogP contribution in [0.25, 0.3) is 0 Å². The van der Waals surface area contributed by atoms with Gasteiger partial charge in [0.25, 0.3) is 16.0 Å². The second-order valence-corrected chi connectivity index (χ2v) is 12.5. The van der Waals surface area contributed by atoms with E-state index in [-0.39, 0.29) is 24.5 Å². The smallest absolute Gasteiger partial charge is 0.264 e. The third kappa shape index (κ3) is 11.2. The topological polar surface area (TPSA) is 199 Å². The van der Waals surface area contributed by atoms with Crippen LogP contribution >= 0.6 is 11.3 Å². The summed E-state index contributed by atoms with van der Waals surface area (Å²) < 4.78 is 37.7. The Bertz CT molecular complexity index is 1330. The molecule has 232 valence electrons. The van der Waals surface area contributed by atoms with Crippen LogP contribution in [0.4, 0.5) is 0 Å². The fraction of sp³-hybridized carbons (Fsp3) is 0.500. The van der Waals surface area contributed by atoms with Gasteiger partial charge in [-0.2, -0.15) is 8.42 Å². The van der Waals surface area contributed by atoms with Gasteiger partial charge in [0.2, 0.25) is 11.8 Å². The second-order valence-electron chi connectivity index (χ2n) is 9.60. The lowest BCUT2D eigenvalue weighted by molar-refractivity contribution is -0.143. The first kappa shape index (κ1) is 34.9. The highest BCUT2D eigenvalue weighted by molar-refractivity contribution is 7.86. The van der Waals surface area contributed by atoms with E-state index in [1.54, 1.807) is 37.3 Å². The number of aryl methyl sites for hydroxylation is 1. The summed E-state index contributed by atoms with van der Waals surface area (Å²) in [5.74, 6) is -3.07. The van der Waals surface area contributed by atoms with Gasteiger partial charge in [0, 0.05) is 14.2 Å². The highest BCUT2D eigenvalue weighted by atomic mass is 32.2. The molecule has 0 bridgehead atoms. The quantitative estimate of drug-likeness (QED) is 0.162. The average Bonchev–Trinajstić information content (AvgIpc) is 3.37. The van der Waals surface area contributed by atoms with Gasteiger partial charge in [-0.05, 0) is 25.8 Å². The Hall–Kier alpha value is -3.28. The van der Waals surface area contributed by atoms with Gasteiger partial charge < -0.3 is 30.5 Å². The molecule has 2 aromatic rings. The summed E-state index contributed by atoms with van der Waals surface area (Å²) in [5.41, 5.74) is -1.66. The Labute approximate surface area is 248 Å². The number of ether oxygens (including phenoxy) is 2. The summed E-state index contributed by atoms with van der Waals surface area (Å²) >= 11 is 1.14. The van der Waals surface area contributed by atoms with Crippen LogP contribution in [-0.2, 0) is 44.6 Å². The molecule has 2 unspecified atom stereocenters. The van der Waals surface area contributed by atoms with Crippen molar-refractivity contribution in [1.82, 2.24) is 20.9 Å². The molecule has 0 fully saturated rings. The third-order valence-electron chi connectivity index (χ3n) is 5.77. The minimum absolute atomic E-state index is 0.0648. The van der Waals surface area contributed by atoms with E-state index in [0.29, 0.717) is 10.6 Å². The first-order valence-electron chi connectivity index (χ1n) is 12.6. The number of aliphatic hydroxyl groups is 1. The number of nitrogens with zero attached hydrogens (tertiary/aromatic N) is 1. The maximum Gasteiger partial charge on any atom is 0.264 e. The number of Topliss-reactive ketones (excluding diaryl/α,β-unsaturated/α-hetero) is 1. The third-order valence-corrected chi connectivity index (χ3v) is 7.22. The number of ketones is 1. The van der Waals surface area contributed by atoms with E-state index >= 15 is 0 Å². The Morgan fingerprint density at radius 3 is 2.02 bits per heavy atom. The Morgan fingerprint density at radius 2 is 1.52 bits per heavy atom. The van der Waals surface area contributed by atoms with Gasteiger partial charge in [-0.1, -0.05) is 30.3 Å². The van der Waals surface area contributed by atoms with E-state index in [1.807, 2.05) is 0 Å². The number of carbonyl (C=O) groups is 4. The van der Waals surface area contributed by atoms with E-state index < -0.39 is 64.0 Å². The monoisotopic (exact) mass is 628 g/mol. The molecule has 14 nitrogen and oxygen atoms in total. The zero-order valence-corrected chi connectivity index (χ0v) is 25.5. The van der Waals surface area contributed by atoms with Gasteiger partial charge in [0.1, 0.15) is 29.2 Å². The summed E-state index contributed by atoms with van der Waals surface area (Å²) in [5, 5.41) is 19.0. The molecule has 0 saturated carbocycles. The first-order valence-corrected chi connectivity index (χ1v) is 15.3. The molecule has 1 aromatic carbocycles. The number of aromatic nitrogens is 1. The number of thiazole rings is 1. The van der Waals surface area contributed by atoms with Gasteiger partial charge in [0.15, 0.2) is 5.78 Å². The lowest BCUT2D eigenvalue weighted by atomic mass is 9.91. The van der Waals surface area contributed by atoms with E-state index in [9.17, 15) is 32.7 Å². The molecule has 2 rings (SSSR count). The summed E-state index contributed by atoms with van der Waals surface area (Å²) in [6.45, 7) is 1.40. The number of amides is 3. The summed E-state index contributed by atoms with van der Waals surface area (Å²) in [7, 11) is -1.34. The molecule has 4 atom stereocenters. The average molecular weight is 629 g/mol. The fourth-order valence-corrected chi connectivity index (χ4v) is 4.79. The zero-order valence-electron chi connectivity index (χ0n) is 23.9. The van der Waals surface area contributed by atoms with Crippen molar-refractivity contribution in [3.63, 3.8) is 0 Å². The molecular weight excluding hydrogens is 592 g/mol. The summed E-state index contributed by atoms with van der Waals surface area (Å²) in [6, 6.07) is 4.73. The molecule has 1 aromatic heterocycles. The van der Waals surface area contributed by atoms with E-state index in [0.717, 1.165) is 24.5 Å². The lowest BCUT2D eigenvalue weighted by Gasteiger charge is -2.29. The van der Waals surface area contributed by atoms with Crippen molar-refractivity contribution in [3.05, 3.63) is 52.0 Å². The van der Waals surface area contributed by atoms with Crippen molar-refractivity contribution in [2.45, 2.75) is 44.0 Å². The van der Waals surface area contributed by atoms with Crippen molar-refractivity contribution < 1.29 is 46.4 Å². The SMILES string of the molecule is COC[C@H](NC(=O)c1cnc(C)s1)C(=O)N[C@@H](COC)C(=O)NC(Cc1ccccc1)C(=O)C(C)(O)COS(C)(=O)=O. The van der Waals surface area contributed by atoms with Crippen LogP contribution in [0.5, 0.6) is 0 Å². The van der Waals surface area contributed by atoms with E-state index in [1.165, 1.54) is 20.4 Å². The number of nitrogens with one attached hydrogen (secondary N) is 3. The van der Waals surface area contributed by atoms with Crippen molar-refractivity contribution in [1.29, 1.82) is 0 Å². The molecule has 16 heteroatoms. The van der Waals surface area contributed by atoms with Crippen molar-refractivity contribution in [2.24, 2.45) is 0 Å². The fourth-order valence-electron chi connectivity index (χ4n) is 3.67. The zero-order chi connectivity index (χ0) is 31.5. The Kier molecular flexibility index (Phi) is 13.1. The van der Waals surface area contributed by atoms with Crippen LogP contribution in [-0.4, -0.2) is 106 Å².